The second kappa shape index (κ2) is 10.0. The minimum absolute atomic E-state index is 0.630. The van der Waals surface area contributed by atoms with Crippen molar-refractivity contribution < 1.29 is 0 Å². The maximum atomic E-state index is 3.54. The number of hydrogen-bond donors (Lipinski definition) is 1. The van der Waals surface area contributed by atoms with Crippen LogP contribution in [0.2, 0.25) is 0 Å². The molecule has 0 bridgehead atoms. The van der Waals surface area contributed by atoms with Crippen LogP contribution in [0.5, 0.6) is 0 Å². The Balaban J connectivity index is 2.06. The van der Waals surface area contributed by atoms with Gasteiger partial charge < -0.3 is 5.32 Å². The van der Waals surface area contributed by atoms with Crippen molar-refractivity contribution in [2.45, 2.75) is 71.8 Å². The van der Waals surface area contributed by atoms with Gasteiger partial charge in [0.2, 0.25) is 0 Å². The predicted octanol–water partition coefficient (Wildman–Crippen LogP) is 5.26. The predicted molar refractivity (Wildman–Crippen MR) is 85.6 cm³/mol. The average molecular weight is 261 g/mol. The van der Waals surface area contributed by atoms with Gasteiger partial charge in [-0.1, -0.05) is 77.1 Å². The fourth-order valence-electron chi connectivity index (χ4n) is 2.28. The molecule has 0 saturated carbocycles. The summed E-state index contributed by atoms with van der Waals surface area (Å²) in [5.41, 5.74) is 2.83. The summed E-state index contributed by atoms with van der Waals surface area (Å²) in [6.07, 6.45) is 8.24. The Kier molecular flexibility index (Phi) is 8.57. The third-order valence-corrected chi connectivity index (χ3v) is 3.68. The number of benzene rings is 1. The van der Waals surface area contributed by atoms with Gasteiger partial charge in [0.25, 0.3) is 0 Å². The van der Waals surface area contributed by atoms with Gasteiger partial charge in [-0.15, -0.1) is 0 Å². The normalized spacial score (nSPS) is 11.2. The molecule has 0 aliphatic carbocycles. The summed E-state index contributed by atoms with van der Waals surface area (Å²) in [5, 5.41) is 3.54. The second-order valence-corrected chi connectivity index (χ2v) is 5.84. The fraction of sp³-hybridized carbons (Fsp3) is 0.667. The maximum absolute atomic E-state index is 3.54. The average Bonchev–Trinajstić information content (AvgIpc) is 2.42. The molecule has 1 heteroatoms. The molecule has 0 fully saturated rings. The first kappa shape index (κ1) is 16.2. The minimum atomic E-state index is 0.630. The third-order valence-electron chi connectivity index (χ3n) is 3.68. The lowest BCUT2D eigenvalue weighted by Crippen LogP contribution is -2.14. The molecule has 0 saturated heterocycles. The molecule has 0 heterocycles. The summed E-state index contributed by atoms with van der Waals surface area (Å²) < 4.78 is 0. The monoisotopic (exact) mass is 261 g/mol. The van der Waals surface area contributed by atoms with Crippen molar-refractivity contribution >= 4 is 0 Å². The maximum Gasteiger partial charge on any atom is 0.0205 e. The Morgan fingerprint density at radius 1 is 0.895 bits per heavy atom. The van der Waals surface area contributed by atoms with Crippen molar-refractivity contribution in [1.29, 1.82) is 0 Å². The van der Waals surface area contributed by atoms with Crippen molar-refractivity contribution in [3.05, 3.63) is 35.4 Å². The summed E-state index contributed by atoms with van der Waals surface area (Å²) in [6.45, 7) is 8.91. The molecular weight excluding hydrogens is 230 g/mol. The van der Waals surface area contributed by atoms with Crippen LogP contribution in [-0.4, -0.2) is 6.54 Å². The van der Waals surface area contributed by atoms with Crippen LogP contribution in [0.3, 0.4) is 0 Å². The van der Waals surface area contributed by atoms with Crippen molar-refractivity contribution in [3.8, 4) is 0 Å². The van der Waals surface area contributed by atoms with E-state index in [9.17, 15) is 0 Å². The van der Waals surface area contributed by atoms with E-state index in [0.717, 1.165) is 13.1 Å². The molecule has 0 aliphatic rings. The molecule has 0 aliphatic heterocycles. The highest BCUT2D eigenvalue weighted by Crippen LogP contribution is 2.14. The van der Waals surface area contributed by atoms with E-state index < -0.39 is 0 Å². The van der Waals surface area contributed by atoms with E-state index in [1.165, 1.54) is 49.7 Å². The zero-order chi connectivity index (χ0) is 13.9. The van der Waals surface area contributed by atoms with E-state index in [-0.39, 0.29) is 0 Å². The van der Waals surface area contributed by atoms with Gasteiger partial charge in [-0.05, 0) is 30.0 Å². The van der Waals surface area contributed by atoms with Crippen LogP contribution in [0.15, 0.2) is 24.3 Å². The van der Waals surface area contributed by atoms with Gasteiger partial charge in [-0.2, -0.15) is 0 Å². The molecule has 1 aromatic rings. The zero-order valence-electron chi connectivity index (χ0n) is 13.0. The fourth-order valence-corrected chi connectivity index (χ4v) is 2.28. The van der Waals surface area contributed by atoms with Crippen LogP contribution < -0.4 is 5.32 Å². The molecular formula is C18H31N. The Morgan fingerprint density at radius 2 is 1.53 bits per heavy atom. The Labute approximate surface area is 119 Å². The van der Waals surface area contributed by atoms with Gasteiger partial charge in [-0.25, -0.2) is 0 Å². The first-order chi connectivity index (χ1) is 9.24. The van der Waals surface area contributed by atoms with Crippen LogP contribution in [-0.2, 0) is 6.54 Å². The summed E-state index contributed by atoms with van der Waals surface area (Å²) in [5.74, 6) is 0.630. The zero-order valence-corrected chi connectivity index (χ0v) is 13.0. The molecule has 0 radical (unpaired) electrons. The smallest absolute Gasteiger partial charge is 0.0205 e. The third kappa shape index (κ3) is 7.37. The van der Waals surface area contributed by atoms with Gasteiger partial charge >= 0.3 is 0 Å². The van der Waals surface area contributed by atoms with Gasteiger partial charge in [0.15, 0.2) is 0 Å². The highest BCUT2D eigenvalue weighted by molar-refractivity contribution is 5.24. The molecule has 0 spiro atoms. The molecule has 0 amide bonds. The summed E-state index contributed by atoms with van der Waals surface area (Å²) >= 11 is 0. The molecule has 1 nitrogen and oxygen atoms in total. The highest BCUT2D eigenvalue weighted by atomic mass is 14.8. The van der Waals surface area contributed by atoms with Crippen LogP contribution in [0.25, 0.3) is 0 Å². The molecule has 108 valence electrons. The van der Waals surface area contributed by atoms with Gasteiger partial charge in [0.1, 0.15) is 0 Å². The molecule has 0 aromatic heterocycles. The molecule has 19 heavy (non-hydrogen) atoms. The number of hydrogen-bond acceptors (Lipinski definition) is 1. The van der Waals surface area contributed by atoms with Crippen molar-refractivity contribution in [2.24, 2.45) is 0 Å². The van der Waals surface area contributed by atoms with E-state index in [1.807, 2.05) is 0 Å². The molecule has 1 aromatic carbocycles. The topological polar surface area (TPSA) is 12.0 Å². The molecule has 1 N–H and O–H groups in total. The lowest BCUT2D eigenvalue weighted by atomic mass is 10.0. The lowest BCUT2D eigenvalue weighted by molar-refractivity contribution is 0.572. The van der Waals surface area contributed by atoms with Crippen molar-refractivity contribution in [1.82, 2.24) is 5.32 Å². The number of rotatable bonds is 10. The Morgan fingerprint density at radius 3 is 2.16 bits per heavy atom. The van der Waals surface area contributed by atoms with E-state index in [4.69, 9.17) is 0 Å². The van der Waals surface area contributed by atoms with Crippen LogP contribution in [0, 0.1) is 0 Å². The Hall–Kier alpha value is -0.820. The quantitative estimate of drug-likeness (QED) is 0.566. The van der Waals surface area contributed by atoms with E-state index in [2.05, 4.69) is 50.4 Å². The largest absolute Gasteiger partial charge is 0.313 e. The molecule has 0 atom stereocenters. The minimum Gasteiger partial charge on any atom is -0.313 e. The van der Waals surface area contributed by atoms with Crippen LogP contribution >= 0.6 is 0 Å². The van der Waals surface area contributed by atoms with Crippen molar-refractivity contribution in [3.63, 3.8) is 0 Å². The first-order valence-electron chi connectivity index (χ1n) is 8.03. The van der Waals surface area contributed by atoms with Gasteiger partial charge in [-0.3, -0.25) is 0 Å². The van der Waals surface area contributed by atoms with E-state index >= 15 is 0 Å². The summed E-state index contributed by atoms with van der Waals surface area (Å²) in [7, 11) is 0. The second-order valence-electron chi connectivity index (χ2n) is 5.84. The lowest BCUT2D eigenvalue weighted by Gasteiger charge is -2.08. The molecule has 0 unspecified atom stereocenters. The first-order valence-corrected chi connectivity index (χ1v) is 8.03. The Bertz CT molecular complexity index is 313. The van der Waals surface area contributed by atoms with Gasteiger partial charge in [0.05, 0.1) is 0 Å². The SMILES string of the molecule is CCCCCCCCNCc1ccc(C(C)C)cc1. The van der Waals surface area contributed by atoms with Crippen molar-refractivity contribution in [2.75, 3.05) is 6.54 Å². The van der Waals surface area contributed by atoms with E-state index in [1.54, 1.807) is 0 Å². The van der Waals surface area contributed by atoms with Gasteiger partial charge in [0, 0.05) is 6.54 Å². The summed E-state index contributed by atoms with van der Waals surface area (Å²) in [4.78, 5) is 0. The van der Waals surface area contributed by atoms with E-state index in [0.29, 0.717) is 5.92 Å². The number of unbranched alkanes of at least 4 members (excludes halogenated alkanes) is 5. The summed E-state index contributed by atoms with van der Waals surface area (Å²) in [6, 6.07) is 9.02. The molecule has 1 rings (SSSR count). The van der Waals surface area contributed by atoms with Crippen LogP contribution in [0.1, 0.15) is 76.3 Å². The van der Waals surface area contributed by atoms with Crippen LogP contribution in [0.4, 0.5) is 0 Å². The highest BCUT2D eigenvalue weighted by Gasteiger charge is 1.98. The standard InChI is InChI=1S/C18H31N/c1-4-5-6-7-8-9-14-19-15-17-10-12-18(13-11-17)16(2)3/h10-13,16,19H,4-9,14-15H2,1-3H3. The number of nitrogens with one attached hydrogen (secondary N) is 1.